The second kappa shape index (κ2) is 15.5. The lowest BCUT2D eigenvalue weighted by molar-refractivity contribution is -0.163. The summed E-state index contributed by atoms with van der Waals surface area (Å²) in [5.41, 5.74) is -5.31. The molecule has 0 bridgehead atoms. The number of halogens is 6. The minimum Gasteiger partial charge on any atom is -0.482 e. The summed E-state index contributed by atoms with van der Waals surface area (Å²) in [7, 11) is 0. The number of carbonyl (C=O) groups is 3. The van der Waals surface area contributed by atoms with Crippen LogP contribution in [-0.4, -0.2) is 80.2 Å². The summed E-state index contributed by atoms with van der Waals surface area (Å²) in [5.74, 6) is -3.32. The molecule has 3 fully saturated rings. The van der Waals surface area contributed by atoms with E-state index in [0.29, 0.717) is 36.2 Å². The minimum absolute atomic E-state index is 0.0217. The van der Waals surface area contributed by atoms with Crippen molar-refractivity contribution < 1.29 is 60.4 Å². The van der Waals surface area contributed by atoms with E-state index in [9.17, 15) is 50.9 Å². The number of thiophene rings is 1. The Balaban J connectivity index is 1.31. The summed E-state index contributed by atoms with van der Waals surface area (Å²) < 4.78 is 95.6. The number of aliphatic carboxylic acids is 1. The summed E-state index contributed by atoms with van der Waals surface area (Å²) >= 11 is 0.356. The molecule has 1 aromatic carbocycles. The van der Waals surface area contributed by atoms with Crippen molar-refractivity contribution in [3.63, 3.8) is 0 Å². The number of ether oxygens (including phenoxy) is 2. The van der Waals surface area contributed by atoms with Crippen molar-refractivity contribution in [1.29, 1.82) is 0 Å². The normalized spacial score (nSPS) is 24.3. The summed E-state index contributed by atoms with van der Waals surface area (Å²) in [6.45, 7) is 1.55. The molecule has 0 spiro atoms. The van der Waals surface area contributed by atoms with Crippen LogP contribution in [0.3, 0.4) is 0 Å². The third-order valence-electron chi connectivity index (χ3n) is 10.7. The van der Waals surface area contributed by atoms with Gasteiger partial charge in [0.25, 0.3) is 11.8 Å². The lowest BCUT2D eigenvalue weighted by Gasteiger charge is -2.51. The number of alkyl halides is 6. The van der Waals surface area contributed by atoms with Crippen molar-refractivity contribution in [3.05, 3.63) is 75.7 Å². The third-order valence-corrected chi connectivity index (χ3v) is 11.6. The molecule has 3 aromatic rings. The number of nitrogens with zero attached hydrogens (tertiary/aromatic N) is 3. The SMILES string of the molecule is CCCC1N(C(=O)c2ncccc2C(F)(F)F)CCCC1(Oc1csc(C(F)(F)F)c1)C(=O)N1CCC(O)(c2ccc#cc2OC2CCC(C(=O)O)C2)CC1. The molecule has 1 saturated carbocycles. The van der Waals surface area contributed by atoms with Crippen LogP contribution in [0.25, 0.3) is 0 Å². The molecule has 0 radical (unpaired) electrons. The van der Waals surface area contributed by atoms with Crippen molar-refractivity contribution in [2.75, 3.05) is 19.6 Å². The van der Waals surface area contributed by atoms with Gasteiger partial charge < -0.3 is 29.5 Å². The third kappa shape index (κ3) is 8.21. The molecule has 2 N–H and O–H groups in total. The molecule has 3 aliphatic rings. The number of pyridine rings is 1. The number of hydrogen-bond donors (Lipinski definition) is 2. The summed E-state index contributed by atoms with van der Waals surface area (Å²) in [6, 6.07) is 10.2. The van der Waals surface area contributed by atoms with Crippen LogP contribution in [0.1, 0.15) is 91.2 Å². The molecular weight excluding hydrogens is 756 g/mol. The molecule has 17 heteroatoms. The summed E-state index contributed by atoms with van der Waals surface area (Å²) in [4.78, 5) is 45.7. The lowest BCUT2D eigenvalue weighted by Crippen LogP contribution is -2.68. The zero-order chi connectivity index (χ0) is 39.8. The number of aliphatic hydroxyl groups is 1. The van der Waals surface area contributed by atoms with E-state index in [-0.39, 0.29) is 69.7 Å². The number of carboxylic acids is 1. The van der Waals surface area contributed by atoms with E-state index in [1.165, 1.54) is 4.90 Å². The highest BCUT2D eigenvalue weighted by Crippen LogP contribution is 2.45. The Labute approximate surface area is 317 Å². The Hall–Kier alpha value is -4.56. The number of hydrogen-bond acceptors (Lipinski definition) is 8. The van der Waals surface area contributed by atoms with Crippen molar-refractivity contribution in [3.8, 4) is 11.5 Å². The highest BCUT2D eigenvalue weighted by molar-refractivity contribution is 7.10. The Morgan fingerprint density at radius 2 is 1.80 bits per heavy atom. The maximum atomic E-state index is 14.9. The van der Waals surface area contributed by atoms with Gasteiger partial charge in [0, 0.05) is 49.3 Å². The van der Waals surface area contributed by atoms with Crippen LogP contribution < -0.4 is 9.47 Å². The van der Waals surface area contributed by atoms with Gasteiger partial charge in [-0.15, -0.1) is 11.3 Å². The first kappa shape index (κ1) is 40.1. The molecule has 4 unspecified atom stereocenters. The Bertz CT molecular complexity index is 1880. The van der Waals surface area contributed by atoms with Gasteiger partial charge in [-0.05, 0) is 75.3 Å². The number of carboxylic acid groups (broad SMARTS) is 1. The average Bonchev–Trinajstić information content (AvgIpc) is 3.82. The largest absolute Gasteiger partial charge is 0.482 e. The highest BCUT2D eigenvalue weighted by atomic mass is 32.1. The van der Waals surface area contributed by atoms with Gasteiger partial charge in [0.05, 0.1) is 23.1 Å². The van der Waals surface area contributed by atoms with E-state index in [2.05, 4.69) is 17.1 Å². The van der Waals surface area contributed by atoms with Gasteiger partial charge in [-0.1, -0.05) is 19.4 Å². The van der Waals surface area contributed by atoms with Crippen LogP contribution in [0.5, 0.6) is 11.5 Å². The van der Waals surface area contributed by atoms with Crippen molar-refractivity contribution in [1.82, 2.24) is 14.8 Å². The second-order valence-corrected chi connectivity index (χ2v) is 15.1. The second-order valence-electron chi connectivity index (χ2n) is 14.2. The van der Waals surface area contributed by atoms with Crippen molar-refractivity contribution in [2.24, 2.45) is 5.92 Å². The highest BCUT2D eigenvalue weighted by Gasteiger charge is 2.57. The van der Waals surface area contributed by atoms with Crippen LogP contribution in [-0.2, 0) is 27.5 Å². The first-order valence-electron chi connectivity index (χ1n) is 18.0. The van der Waals surface area contributed by atoms with Gasteiger partial charge in [-0.3, -0.25) is 19.4 Å². The van der Waals surface area contributed by atoms with Gasteiger partial charge in [0.2, 0.25) is 5.60 Å². The molecule has 296 valence electrons. The molecular formula is C38H39F6N3O7S. The standard InChI is InChI=1S/C38H39F6N3O7S/c1-2-7-29-36(54-25-21-30(55-22-25)38(42,43)44,13-6-17-47(29)32(48)31-27(37(39,40)41)9-5-16-45-31)34(51)46-18-14-35(52,15-19-46)26-8-3-4-10-28(26)53-24-12-11-23(20-24)33(49)50/h3,5,8-9,16,21-24,29,52H,2,6-7,11-15,17-20H2,1H3,(H,49,50). The van der Waals surface area contributed by atoms with Crippen molar-refractivity contribution in [2.45, 2.75) is 100 Å². The topological polar surface area (TPSA) is 130 Å². The molecule has 2 saturated heterocycles. The fourth-order valence-corrected chi connectivity index (χ4v) is 8.64. The number of amides is 2. The first-order chi connectivity index (χ1) is 26.0. The van der Waals surface area contributed by atoms with Crippen LogP contribution in [0, 0.1) is 18.1 Å². The number of rotatable bonds is 10. The molecule has 2 aromatic heterocycles. The monoisotopic (exact) mass is 795 g/mol. The molecule has 10 nitrogen and oxygen atoms in total. The molecule has 4 heterocycles. The van der Waals surface area contributed by atoms with Crippen LogP contribution in [0.2, 0.25) is 0 Å². The van der Waals surface area contributed by atoms with Gasteiger partial charge in [0.1, 0.15) is 22.4 Å². The van der Waals surface area contributed by atoms with Gasteiger partial charge in [-0.25, -0.2) is 0 Å². The number of aromatic nitrogens is 1. The van der Waals surface area contributed by atoms with Crippen molar-refractivity contribution >= 4 is 29.1 Å². The predicted octanol–water partition coefficient (Wildman–Crippen LogP) is 7.15. The number of piperidine rings is 2. The van der Waals surface area contributed by atoms with Crippen LogP contribution in [0.4, 0.5) is 26.3 Å². The molecule has 2 aliphatic heterocycles. The molecule has 4 atom stereocenters. The molecule has 2 amide bonds. The zero-order valence-corrected chi connectivity index (χ0v) is 30.5. The fourth-order valence-electron chi connectivity index (χ4n) is 7.97. The number of likely N-dealkylation sites (tertiary alicyclic amines) is 2. The molecule has 6 rings (SSSR count). The zero-order valence-electron chi connectivity index (χ0n) is 29.7. The number of carbonyl (C=O) groups excluding carboxylic acids is 2. The van der Waals surface area contributed by atoms with E-state index >= 15 is 0 Å². The van der Waals surface area contributed by atoms with Crippen LogP contribution >= 0.6 is 11.3 Å². The predicted molar refractivity (Wildman–Crippen MR) is 184 cm³/mol. The van der Waals surface area contributed by atoms with E-state index in [1.54, 1.807) is 19.1 Å². The van der Waals surface area contributed by atoms with E-state index in [0.717, 1.165) is 34.7 Å². The van der Waals surface area contributed by atoms with E-state index in [4.69, 9.17) is 9.47 Å². The fraction of sp³-hybridized carbons (Fsp3) is 0.526. The van der Waals surface area contributed by atoms with Gasteiger partial charge in [0.15, 0.2) is 5.75 Å². The first-order valence-corrected chi connectivity index (χ1v) is 18.9. The Morgan fingerprint density at radius 3 is 2.44 bits per heavy atom. The summed E-state index contributed by atoms with van der Waals surface area (Å²) in [5, 5.41) is 22.5. The molecule has 1 aliphatic carbocycles. The van der Waals surface area contributed by atoms with Crippen LogP contribution in [0.15, 0.2) is 41.9 Å². The molecule has 55 heavy (non-hydrogen) atoms. The Morgan fingerprint density at radius 1 is 1.05 bits per heavy atom. The minimum atomic E-state index is -4.93. The quantitative estimate of drug-likeness (QED) is 0.207. The maximum Gasteiger partial charge on any atom is 0.425 e. The maximum absolute atomic E-state index is 14.9. The van der Waals surface area contributed by atoms with Gasteiger partial charge >= 0.3 is 18.3 Å². The summed E-state index contributed by atoms with van der Waals surface area (Å²) in [6.07, 6.45) is -7.44. The smallest absolute Gasteiger partial charge is 0.425 e. The van der Waals surface area contributed by atoms with E-state index in [1.807, 2.05) is 0 Å². The lowest BCUT2D eigenvalue weighted by atomic mass is 9.78. The average molecular weight is 796 g/mol. The van der Waals surface area contributed by atoms with Gasteiger partial charge in [-0.2, -0.15) is 26.3 Å². The van der Waals surface area contributed by atoms with E-state index < -0.39 is 75.5 Å². The Kier molecular flexibility index (Phi) is 11.3.